The lowest BCUT2D eigenvalue weighted by molar-refractivity contribution is 1.12. The van der Waals surface area contributed by atoms with E-state index in [-0.39, 0.29) is 0 Å². The van der Waals surface area contributed by atoms with E-state index in [4.69, 9.17) is 0 Å². The summed E-state index contributed by atoms with van der Waals surface area (Å²) in [5.41, 5.74) is 3.93. The molecule has 0 aliphatic heterocycles. The predicted molar refractivity (Wildman–Crippen MR) is 89.3 cm³/mol. The molecule has 5 heteroatoms. The van der Waals surface area contributed by atoms with Gasteiger partial charge in [0.15, 0.2) is 0 Å². The fourth-order valence-electron chi connectivity index (χ4n) is 2.19. The minimum atomic E-state index is 0.573. The van der Waals surface area contributed by atoms with Crippen molar-refractivity contribution in [1.82, 2.24) is 15.0 Å². The second-order valence-corrected chi connectivity index (χ2v) is 5.04. The molecule has 2 heterocycles. The molecule has 0 unspecified atom stereocenters. The van der Waals surface area contributed by atoms with Crippen molar-refractivity contribution in [2.45, 2.75) is 0 Å². The maximum atomic E-state index is 4.57. The zero-order valence-electron chi connectivity index (χ0n) is 12.6. The van der Waals surface area contributed by atoms with Gasteiger partial charge in [0.05, 0.1) is 17.1 Å². The summed E-state index contributed by atoms with van der Waals surface area (Å²) in [4.78, 5) is 15.0. The van der Waals surface area contributed by atoms with E-state index >= 15 is 0 Å². The summed E-state index contributed by atoms with van der Waals surface area (Å²) in [6.07, 6.45) is 5.27. The minimum Gasteiger partial charge on any atom is -0.376 e. The number of rotatable bonds is 4. The van der Waals surface area contributed by atoms with E-state index in [1.165, 1.54) is 0 Å². The molecule has 1 N–H and O–H groups in total. The number of anilines is 3. The highest BCUT2D eigenvalue weighted by atomic mass is 15.1. The van der Waals surface area contributed by atoms with E-state index in [1.54, 1.807) is 18.6 Å². The van der Waals surface area contributed by atoms with Crippen LogP contribution in [0.1, 0.15) is 0 Å². The van der Waals surface area contributed by atoms with Crippen LogP contribution >= 0.6 is 0 Å². The molecule has 0 aliphatic rings. The predicted octanol–water partition coefficient (Wildman–Crippen LogP) is 3.35. The third-order valence-electron chi connectivity index (χ3n) is 3.26. The van der Waals surface area contributed by atoms with Gasteiger partial charge in [0, 0.05) is 38.2 Å². The van der Waals surface area contributed by atoms with Crippen molar-refractivity contribution in [1.29, 1.82) is 0 Å². The van der Waals surface area contributed by atoms with Gasteiger partial charge in [0.1, 0.15) is 0 Å². The Morgan fingerprint density at radius 2 is 1.68 bits per heavy atom. The zero-order chi connectivity index (χ0) is 15.4. The number of benzene rings is 1. The molecule has 0 spiro atoms. The lowest BCUT2D eigenvalue weighted by atomic mass is 10.2. The third-order valence-corrected chi connectivity index (χ3v) is 3.26. The van der Waals surface area contributed by atoms with Crippen LogP contribution in [-0.4, -0.2) is 29.0 Å². The van der Waals surface area contributed by atoms with E-state index < -0.39 is 0 Å². The Labute approximate surface area is 129 Å². The molecule has 110 valence electrons. The van der Waals surface area contributed by atoms with Crippen LogP contribution in [0.25, 0.3) is 11.3 Å². The van der Waals surface area contributed by atoms with Crippen LogP contribution in [0, 0.1) is 0 Å². The monoisotopic (exact) mass is 291 g/mol. The molecule has 1 aromatic carbocycles. The molecule has 3 rings (SSSR count). The van der Waals surface area contributed by atoms with Crippen molar-refractivity contribution in [2.24, 2.45) is 0 Å². The lowest BCUT2D eigenvalue weighted by Gasteiger charge is -2.17. The molecule has 2 aromatic heterocycles. The number of para-hydroxylation sites is 2. The highest BCUT2D eigenvalue weighted by Crippen LogP contribution is 2.26. The second-order valence-electron chi connectivity index (χ2n) is 5.04. The summed E-state index contributed by atoms with van der Waals surface area (Å²) in [5, 5.41) is 3.28. The molecule has 0 atom stereocenters. The van der Waals surface area contributed by atoms with Crippen molar-refractivity contribution in [3.63, 3.8) is 0 Å². The maximum absolute atomic E-state index is 4.57. The van der Waals surface area contributed by atoms with Crippen LogP contribution in [0.4, 0.5) is 17.3 Å². The average Bonchev–Trinajstić information content (AvgIpc) is 2.56. The molecule has 0 aliphatic carbocycles. The molecular weight excluding hydrogens is 274 g/mol. The number of nitrogens with one attached hydrogen (secondary N) is 1. The van der Waals surface area contributed by atoms with Gasteiger partial charge in [-0.05, 0) is 30.3 Å². The van der Waals surface area contributed by atoms with Crippen LogP contribution in [0.3, 0.4) is 0 Å². The SMILES string of the molecule is CN(C)c1ccccc1Nc1nccc(-c2ccncc2)n1. The summed E-state index contributed by atoms with van der Waals surface area (Å²) in [6, 6.07) is 13.8. The van der Waals surface area contributed by atoms with Gasteiger partial charge in [0.2, 0.25) is 5.95 Å². The Hall–Kier alpha value is -2.95. The number of hydrogen-bond donors (Lipinski definition) is 1. The maximum Gasteiger partial charge on any atom is 0.227 e. The van der Waals surface area contributed by atoms with Gasteiger partial charge in [-0.25, -0.2) is 9.97 Å². The molecule has 0 radical (unpaired) electrons. The van der Waals surface area contributed by atoms with Crippen molar-refractivity contribution in [3.05, 3.63) is 61.1 Å². The Bertz CT molecular complexity index is 756. The highest BCUT2D eigenvalue weighted by molar-refractivity contribution is 5.73. The summed E-state index contributed by atoms with van der Waals surface area (Å²) in [5.74, 6) is 0.573. The van der Waals surface area contributed by atoms with Crippen LogP contribution < -0.4 is 10.2 Å². The Kier molecular flexibility index (Phi) is 3.96. The van der Waals surface area contributed by atoms with Crippen LogP contribution in [0.5, 0.6) is 0 Å². The summed E-state index contributed by atoms with van der Waals surface area (Å²) >= 11 is 0. The first-order chi connectivity index (χ1) is 10.7. The third kappa shape index (κ3) is 3.03. The molecule has 22 heavy (non-hydrogen) atoms. The molecule has 0 amide bonds. The molecule has 0 saturated carbocycles. The number of nitrogens with zero attached hydrogens (tertiary/aromatic N) is 4. The van der Waals surface area contributed by atoms with Gasteiger partial charge in [0.25, 0.3) is 0 Å². The number of hydrogen-bond acceptors (Lipinski definition) is 5. The van der Waals surface area contributed by atoms with Gasteiger partial charge in [-0.3, -0.25) is 4.98 Å². The first-order valence-electron chi connectivity index (χ1n) is 7.01. The Morgan fingerprint density at radius 3 is 2.45 bits per heavy atom. The van der Waals surface area contributed by atoms with Crippen LogP contribution in [-0.2, 0) is 0 Å². The zero-order valence-corrected chi connectivity index (χ0v) is 12.6. The van der Waals surface area contributed by atoms with Crippen molar-refractivity contribution in [2.75, 3.05) is 24.3 Å². The van der Waals surface area contributed by atoms with Gasteiger partial charge >= 0.3 is 0 Å². The van der Waals surface area contributed by atoms with Crippen LogP contribution in [0.2, 0.25) is 0 Å². The quantitative estimate of drug-likeness (QED) is 0.799. The van der Waals surface area contributed by atoms with Crippen molar-refractivity contribution >= 4 is 17.3 Å². The average molecular weight is 291 g/mol. The molecule has 5 nitrogen and oxygen atoms in total. The summed E-state index contributed by atoms with van der Waals surface area (Å²) in [7, 11) is 4.02. The van der Waals surface area contributed by atoms with Gasteiger partial charge < -0.3 is 10.2 Å². The van der Waals surface area contributed by atoms with Crippen LogP contribution in [0.15, 0.2) is 61.1 Å². The van der Waals surface area contributed by atoms with E-state index in [0.717, 1.165) is 22.6 Å². The van der Waals surface area contributed by atoms with Crippen molar-refractivity contribution in [3.8, 4) is 11.3 Å². The van der Waals surface area contributed by atoms with Gasteiger partial charge in [-0.2, -0.15) is 0 Å². The van der Waals surface area contributed by atoms with E-state index in [2.05, 4.69) is 31.2 Å². The summed E-state index contributed by atoms with van der Waals surface area (Å²) in [6.45, 7) is 0. The summed E-state index contributed by atoms with van der Waals surface area (Å²) < 4.78 is 0. The fraction of sp³-hybridized carbons (Fsp3) is 0.118. The molecular formula is C17H17N5. The number of aromatic nitrogens is 3. The first-order valence-corrected chi connectivity index (χ1v) is 7.01. The standard InChI is InChI=1S/C17H17N5/c1-22(2)16-6-4-3-5-15(16)21-17-19-12-9-14(20-17)13-7-10-18-11-8-13/h3-12H,1-2H3,(H,19,20,21). The normalized spacial score (nSPS) is 10.3. The van der Waals surface area contributed by atoms with E-state index in [9.17, 15) is 0 Å². The van der Waals surface area contributed by atoms with Gasteiger partial charge in [-0.1, -0.05) is 12.1 Å². The smallest absolute Gasteiger partial charge is 0.227 e. The molecule has 0 bridgehead atoms. The van der Waals surface area contributed by atoms with Gasteiger partial charge in [-0.15, -0.1) is 0 Å². The molecule has 0 fully saturated rings. The first kappa shape index (κ1) is 14.0. The Balaban J connectivity index is 1.91. The largest absolute Gasteiger partial charge is 0.376 e. The lowest BCUT2D eigenvalue weighted by Crippen LogP contribution is -2.11. The second kappa shape index (κ2) is 6.22. The molecule has 0 saturated heterocycles. The highest BCUT2D eigenvalue weighted by Gasteiger charge is 2.06. The van der Waals surface area contributed by atoms with E-state index in [1.807, 2.05) is 50.5 Å². The number of pyridine rings is 1. The van der Waals surface area contributed by atoms with Crippen molar-refractivity contribution < 1.29 is 0 Å². The topological polar surface area (TPSA) is 53.9 Å². The molecule has 3 aromatic rings. The minimum absolute atomic E-state index is 0.573. The Morgan fingerprint density at radius 1 is 0.909 bits per heavy atom. The fourth-order valence-corrected chi connectivity index (χ4v) is 2.19. The van der Waals surface area contributed by atoms with E-state index in [0.29, 0.717) is 5.95 Å².